The van der Waals surface area contributed by atoms with Gasteiger partial charge in [0.15, 0.2) is 5.69 Å². The van der Waals surface area contributed by atoms with E-state index in [9.17, 15) is 4.79 Å². The molecule has 0 unspecified atom stereocenters. The van der Waals surface area contributed by atoms with Gasteiger partial charge in [0, 0.05) is 19.2 Å². The Hall–Kier alpha value is -1.86. The zero-order chi connectivity index (χ0) is 13.0. The van der Waals surface area contributed by atoms with Crippen molar-refractivity contribution in [3.63, 3.8) is 0 Å². The van der Waals surface area contributed by atoms with Crippen LogP contribution in [0.1, 0.15) is 10.5 Å². The van der Waals surface area contributed by atoms with Crippen molar-refractivity contribution in [2.75, 3.05) is 43.8 Å². The summed E-state index contributed by atoms with van der Waals surface area (Å²) in [4.78, 5) is 21.9. The predicted octanol–water partition coefficient (Wildman–Crippen LogP) is 0.590. The zero-order valence-electron chi connectivity index (χ0n) is 10.0. The van der Waals surface area contributed by atoms with Crippen LogP contribution in [0, 0.1) is 0 Å². The maximum atomic E-state index is 11.0. The summed E-state index contributed by atoms with van der Waals surface area (Å²) >= 11 is 0. The van der Waals surface area contributed by atoms with Gasteiger partial charge in [-0.15, -0.1) is 0 Å². The number of morpholine rings is 1. The Morgan fingerprint density at radius 2 is 2.22 bits per heavy atom. The molecule has 2 rings (SSSR count). The van der Waals surface area contributed by atoms with Gasteiger partial charge >= 0.3 is 5.97 Å². The van der Waals surface area contributed by atoms with E-state index in [2.05, 4.69) is 10.5 Å². The van der Waals surface area contributed by atoms with Crippen molar-refractivity contribution in [3.05, 3.63) is 17.8 Å². The van der Waals surface area contributed by atoms with Gasteiger partial charge in [0.05, 0.1) is 26.0 Å². The van der Waals surface area contributed by atoms with E-state index in [1.54, 1.807) is 6.07 Å². The van der Waals surface area contributed by atoms with Crippen molar-refractivity contribution in [2.45, 2.75) is 0 Å². The van der Waals surface area contributed by atoms with Crippen LogP contribution in [0.5, 0.6) is 0 Å². The summed E-state index contributed by atoms with van der Waals surface area (Å²) in [6.45, 7) is 2.63. The normalized spacial score (nSPS) is 15.5. The van der Waals surface area contributed by atoms with E-state index in [1.807, 2.05) is 4.90 Å². The van der Waals surface area contributed by atoms with E-state index in [1.165, 1.54) is 13.2 Å². The highest BCUT2D eigenvalue weighted by atomic mass is 16.6. The minimum Gasteiger partial charge on any atom is -0.477 e. The molecule has 1 aromatic heterocycles. The van der Waals surface area contributed by atoms with Crippen LogP contribution in [0.25, 0.3) is 0 Å². The molecule has 0 amide bonds. The average Bonchev–Trinajstić information content (AvgIpc) is 2.40. The molecule has 0 radical (unpaired) electrons. The molecule has 2 N–H and O–H groups in total. The third-order valence-electron chi connectivity index (χ3n) is 2.59. The third-order valence-corrected chi connectivity index (χ3v) is 2.59. The van der Waals surface area contributed by atoms with E-state index < -0.39 is 5.97 Å². The maximum absolute atomic E-state index is 11.0. The van der Waals surface area contributed by atoms with E-state index >= 15 is 0 Å². The summed E-state index contributed by atoms with van der Waals surface area (Å²) < 4.78 is 5.25. The average molecular weight is 253 g/mol. The molecule has 2 heterocycles. The van der Waals surface area contributed by atoms with Crippen LogP contribution in [-0.4, -0.2) is 49.5 Å². The molecule has 1 aliphatic heterocycles. The minimum atomic E-state index is -1.07. The Morgan fingerprint density at radius 1 is 1.50 bits per heavy atom. The lowest BCUT2D eigenvalue weighted by atomic mass is 10.3. The fraction of sp³-hybridized carbons (Fsp3) is 0.455. The molecule has 0 spiro atoms. The Balaban J connectivity index is 2.29. The number of ether oxygens (including phenoxy) is 1. The number of nitrogens with zero attached hydrogens (tertiary/aromatic N) is 2. The molecule has 1 saturated heterocycles. The fourth-order valence-corrected chi connectivity index (χ4v) is 1.76. The molecule has 0 aliphatic carbocycles. The van der Waals surface area contributed by atoms with Gasteiger partial charge in [-0.25, -0.2) is 9.78 Å². The number of anilines is 2. The van der Waals surface area contributed by atoms with Crippen molar-refractivity contribution in [1.82, 2.24) is 4.98 Å². The molecule has 0 bridgehead atoms. The summed E-state index contributed by atoms with van der Waals surface area (Å²) in [5.74, 6) is -0.456. The van der Waals surface area contributed by atoms with Crippen molar-refractivity contribution in [2.24, 2.45) is 0 Å². The van der Waals surface area contributed by atoms with Gasteiger partial charge in [0.25, 0.3) is 0 Å². The second-order valence-electron chi connectivity index (χ2n) is 3.81. The second kappa shape index (κ2) is 5.65. The fourth-order valence-electron chi connectivity index (χ4n) is 1.76. The Bertz CT molecular complexity index is 432. The number of carboxylic acid groups (broad SMARTS) is 1. The second-order valence-corrected chi connectivity index (χ2v) is 3.81. The van der Waals surface area contributed by atoms with Gasteiger partial charge in [-0.3, -0.25) is 10.3 Å². The van der Waals surface area contributed by atoms with Crippen LogP contribution in [0.15, 0.2) is 12.1 Å². The zero-order valence-corrected chi connectivity index (χ0v) is 10.0. The highest BCUT2D eigenvalue weighted by Gasteiger charge is 2.16. The number of carboxylic acids is 1. The molecule has 7 nitrogen and oxygen atoms in total. The monoisotopic (exact) mass is 253 g/mol. The molecular weight excluding hydrogens is 238 g/mol. The standard InChI is InChI=1S/C11H15N3O4/c1-17-13-8-6-9(11(15)16)12-10(7-8)14-2-4-18-5-3-14/h6-7H,2-5H2,1H3,(H,12,13)(H,15,16). The summed E-state index contributed by atoms with van der Waals surface area (Å²) in [6, 6.07) is 3.18. The molecule has 1 fully saturated rings. The molecule has 0 aromatic carbocycles. The molecule has 0 atom stereocenters. The van der Waals surface area contributed by atoms with E-state index in [0.29, 0.717) is 37.8 Å². The maximum Gasteiger partial charge on any atom is 0.354 e. The molecule has 1 aliphatic rings. The van der Waals surface area contributed by atoms with Crippen molar-refractivity contribution in [1.29, 1.82) is 0 Å². The lowest BCUT2D eigenvalue weighted by Gasteiger charge is -2.28. The molecule has 18 heavy (non-hydrogen) atoms. The molecule has 7 heteroatoms. The molecule has 98 valence electrons. The van der Waals surface area contributed by atoms with Gasteiger partial charge in [0.1, 0.15) is 5.82 Å². The number of hydrogen-bond donors (Lipinski definition) is 2. The van der Waals surface area contributed by atoms with Crippen LogP contribution < -0.4 is 10.4 Å². The van der Waals surface area contributed by atoms with Gasteiger partial charge in [-0.1, -0.05) is 0 Å². The first-order valence-corrected chi connectivity index (χ1v) is 5.58. The van der Waals surface area contributed by atoms with E-state index in [0.717, 1.165) is 0 Å². The number of hydrogen-bond acceptors (Lipinski definition) is 6. The summed E-state index contributed by atoms with van der Waals surface area (Å²) in [5, 5.41) is 9.03. The van der Waals surface area contributed by atoms with Gasteiger partial charge in [-0.2, -0.15) is 0 Å². The summed E-state index contributed by atoms with van der Waals surface area (Å²) in [6.07, 6.45) is 0. The highest BCUT2D eigenvalue weighted by molar-refractivity contribution is 5.87. The first-order valence-electron chi connectivity index (χ1n) is 5.58. The number of aromatic nitrogens is 1. The number of carbonyl (C=O) groups is 1. The third kappa shape index (κ3) is 2.88. The van der Waals surface area contributed by atoms with Crippen LogP contribution in [-0.2, 0) is 9.57 Å². The largest absolute Gasteiger partial charge is 0.477 e. The van der Waals surface area contributed by atoms with E-state index in [-0.39, 0.29) is 5.69 Å². The van der Waals surface area contributed by atoms with Crippen LogP contribution in [0.2, 0.25) is 0 Å². The van der Waals surface area contributed by atoms with Crippen molar-refractivity contribution < 1.29 is 19.5 Å². The quantitative estimate of drug-likeness (QED) is 0.760. The lowest BCUT2D eigenvalue weighted by molar-refractivity contribution is 0.0690. The highest BCUT2D eigenvalue weighted by Crippen LogP contribution is 2.20. The lowest BCUT2D eigenvalue weighted by Crippen LogP contribution is -2.37. The van der Waals surface area contributed by atoms with Gasteiger partial charge < -0.3 is 14.7 Å². The molecule has 1 aromatic rings. The minimum absolute atomic E-state index is 0.0152. The first-order chi connectivity index (χ1) is 8.70. The van der Waals surface area contributed by atoms with E-state index in [4.69, 9.17) is 14.7 Å². The number of nitrogens with one attached hydrogen (secondary N) is 1. The Labute approximate surface area is 104 Å². The van der Waals surface area contributed by atoms with Crippen LogP contribution in [0.4, 0.5) is 11.5 Å². The topological polar surface area (TPSA) is 83.9 Å². The predicted molar refractivity (Wildman–Crippen MR) is 64.9 cm³/mol. The van der Waals surface area contributed by atoms with Gasteiger partial charge in [0.2, 0.25) is 0 Å². The van der Waals surface area contributed by atoms with Crippen LogP contribution in [0.3, 0.4) is 0 Å². The summed E-state index contributed by atoms with van der Waals surface area (Å²) in [5.41, 5.74) is 3.17. The van der Waals surface area contributed by atoms with Crippen molar-refractivity contribution >= 4 is 17.5 Å². The van der Waals surface area contributed by atoms with Crippen LogP contribution >= 0.6 is 0 Å². The number of aromatic carboxylic acids is 1. The number of pyridine rings is 1. The Morgan fingerprint density at radius 3 is 2.83 bits per heavy atom. The summed E-state index contributed by atoms with van der Waals surface area (Å²) in [7, 11) is 1.47. The first kappa shape index (κ1) is 12.6. The Kier molecular flexibility index (Phi) is 3.96. The smallest absolute Gasteiger partial charge is 0.354 e. The molecule has 0 saturated carbocycles. The van der Waals surface area contributed by atoms with Gasteiger partial charge in [-0.05, 0) is 6.07 Å². The van der Waals surface area contributed by atoms with Crippen molar-refractivity contribution in [3.8, 4) is 0 Å². The number of rotatable bonds is 4. The SMILES string of the molecule is CONc1cc(C(=O)O)nc(N2CCOCC2)c1. The molecular formula is C11H15N3O4.